The first kappa shape index (κ1) is 16.4. The van der Waals surface area contributed by atoms with Crippen molar-refractivity contribution in [1.29, 1.82) is 0 Å². The number of hydrogen-bond acceptors (Lipinski definition) is 0. The number of aryl methyl sites for hydroxylation is 4. The van der Waals surface area contributed by atoms with Crippen molar-refractivity contribution in [2.45, 2.75) is 41.0 Å². The normalized spacial score (nSPS) is 15.3. The molecule has 0 heterocycles. The summed E-state index contributed by atoms with van der Waals surface area (Å²) >= 11 is 0. The van der Waals surface area contributed by atoms with Gasteiger partial charge < -0.3 is 0 Å². The van der Waals surface area contributed by atoms with Crippen molar-refractivity contribution in [3.8, 4) is 0 Å². The third kappa shape index (κ3) is 2.59. The van der Waals surface area contributed by atoms with Crippen LogP contribution in [-0.2, 0) is 0 Å². The molecule has 0 fully saturated rings. The van der Waals surface area contributed by atoms with Crippen LogP contribution in [0.2, 0.25) is 0 Å². The van der Waals surface area contributed by atoms with Crippen LogP contribution in [0.1, 0.15) is 57.9 Å². The molecule has 0 aromatic heterocycles. The zero-order chi connectivity index (χ0) is 17.7. The number of rotatable bonds is 3. The van der Waals surface area contributed by atoms with Crippen LogP contribution in [-0.4, -0.2) is 0 Å². The van der Waals surface area contributed by atoms with E-state index in [1.54, 1.807) is 0 Å². The van der Waals surface area contributed by atoms with Gasteiger partial charge in [0.1, 0.15) is 0 Å². The summed E-state index contributed by atoms with van der Waals surface area (Å²) in [6.45, 7) is 11.2. The average Bonchev–Trinajstić information content (AvgIpc) is 3.22. The highest BCUT2D eigenvalue weighted by Gasteiger charge is 2.28. The number of benzene rings is 2. The van der Waals surface area contributed by atoms with Crippen LogP contribution in [0.25, 0.3) is 12.2 Å². The molecule has 2 aromatic rings. The lowest BCUT2D eigenvalue weighted by Gasteiger charge is -2.18. The smallest absolute Gasteiger partial charge is 0.0173 e. The second-order valence-electron chi connectivity index (χ2n) is 7.59. The van der Waals surface area contributed by atoms with Gasteiger partial charge in [-0.2, -0.15) is 0 Å². The predicted molar refractivity (Wildman–Crippen MR) is 108 cm³/mol. The van der Waals surface area contributed by atoms with Crippen molar-refractivity contribution in [3.05, 3.63) is 92.8 Å². The Morgan fingerprint density at radius 1 is 0.600 bits per heavy atom. The van der Waals surface area contributed by atoms with Crippen LogP contribution in [0.3, 0.4) is 0 Å². The second-order valence-corrected chi connectivity index (χ2v) is 7.59. The minimum atomic E-state index is 0.470. The largest absolute Gasteiger partial charge is 0.0645 e. The van der Waals surface area contributed by atoms with Crippen LogP contribution < -0.4 is 0 Å². The zero-order valence-corrected chi connectivity index (χ0v) is 15.9. The Morgan fingerprint density at radius 3 is 1.28 bits per heavy atom. The maximum atomic E-state index is 2.42. The van der Waals surface area contributed by atoms with E-state index in [9.17, 15) is 0 Å². The Bertz CT molecular complexity index is 846. The molecule has 2 aromatic carbocycles. The molecule has 0 heteroatoms. The summed E-state index contributed by atoms with van der Waals surface area (Å²) in [6, 6.07) is 8.97. The lowest BCUT2D eigenvalue weighted by molar-refractivity contribution is 0.712. The zero-order valence-electron chi connectivity index (χ0n) is 15.9. The molecule has 2 radical (unpaired) electrons. The van der Waals surface area contributed by atoms with Crippen molar-refractivity contribution in [2.75, 3.05) is 0 Å². The van der Waals surface area contributed by atoms with Crippen molar-refractivity contribution < 1.29 is 0 Å². The molecular formula is C25H26. The van der Waals surface area contributed by atoms with Crippen LogP contribution >= 0.6 is 0 Å². The Labute approximate surface area is 152 Å². The molecule has 25 heavy (non-hydrogen) atoms. The number of hydrogen-bond donors (Lipinski definition) is 0. The summed E-state index contributed by atoms with van der Waals surface area (Å²) in [5.41, 5.74) is 14.1. The van der Waals surface area contributed by atoms with Gasteiger partial charge in [-0.1, -0.05) is 54.5 Å². The highest BCUT2D eigenvalue weighted by molar-refractivity contribution is 5.78. The molecule has 4 rings (SSSR count). The molecular weight excluding hydrogens is 300 g/mol. The van der Waals surface area contributed by atoms with E-state index in [1.165, 1.54) is 55.7 Å². The van der Waals surface area contributed by atoms with Gasteiger partial charge in [-0.15, -0.1) is 0 Å². The molecule has 0 saturated heterocycles. The van der Waals surface area contributed by atoms with E-state index in [2.05, 4.69) is 83.9 Å². The Morgan fingerprint density at radius 2 is 0.960 bits per heavy atom. The Balaban J connectivity index is 1.70. The van der Waals surface area contributed by atoms with E-state index in [4.69, 9.17) is 0 Å². The van der Waals surface area contributed by atoms with E-state index in [1.807, 2.05) is 0 Å². The molecule has 0 spiro atoms. The Hall–Kier alpha value is -2.08. The maximum Gasteiger partial charge on any atom is 0.0173 e. The number of allylic oxidation sites excluding steroid dienone is 2. The van der Waals surface area contributed by atoms with E-state index in [0.29, 0.717) is 5.92 Å². The number of fused-ring (bicyclic) bond motifs is 2. The van der Waals surface area contributed by atoms with Crippen molar-refractivity contribution in [3.63, 3.8) is 0 Å². The molecule has 2 aliphatic carbocycles. The molecule has 0 N–H and O–H groups in total. The third-order valence-electron chi connectivity index (χ3n) is 5.90. The summed E-state index contributed by atoms with van der Waals surface area (Å²) in [4.78, 5) is 0. The van der Waals surface area contributed by atoms with Gasteiger partial charge in [-0.05, 0) is 78.6 Å². The standard InChI is InChI=1S/C25H26/c1-6-21(19-11-22-15(2)7-8-16(3)23(22)12-19)20-13-24-17(4)9-10-18(5)25(24)14-20/h7-14,21H,6H2,1-5H3. The summed E-state index contributed by atoms with van der Waals surface area (Å²) in [5.74, 6) is 0.470. The first-order chi connectivity index (χ1) is 12.0. The summed E-state index contributed by atoms with van der Waals surface area (Å²) in [7, 11) is 0. The monoisotopic (exact) mass is 326 g/mol. The molecule has 0 unspecified atom stereocenters. The minimum absolute atomic E-state index is 0.470. The molecule has 0 atom stereocenters. The summed E-state index contributed by atoms with van der Waals surface area (Å²) < 4.78 is 0. The molecule has 0 aliphatic heterocycles. The second kappa shape index (κ2) is 6.02. The summed E-state index contributed by atoms with van der Waals surface area (Å²) in [5, 5.41) is 0. The highest BCUT2D eigenvalue weighted by atomic mass is 14.3. The molecule has 0 amide bonds. The van der Waals surface area contributed by atoms with Crippen molar-refractivity contribution in [1.82, 2.24) is 0 Å². The highest BCUT2D eigenvalue weighted by Crippen LogP contribution is 2.43. The fraction of sp³-hybridized carbons (Fsp3) is 0.280. The molecule has 126 valence electrons. The fourth-order valence-electron chi connectivity index (χ4n) is 4.29. The first-order valence-corrected chi connectivity index (χ1v) is 9.32. The van der Waals surface area contributed by atoms with Crippen LogP contribution in [0, 0.1) is 46.5 Å². The van der Waals surface area contributed by atoms with Gasteiger partial charge in [-0.3, -0.25) is 0 Å². The quantitative estimate of drug-likeness (QED) is 0.600. The predicted octanol–water partition coefficient (Wildman–Crippen LogP) is 6.55. The van der Waals surface area contributed by atoms with Gasteiger partial charge >= 0.3 is 0 Å². The minimum Gasteiger partial charge on any atom is -0.0645 e. The van der Waals surface area contributed by atoms with E-state index in [-0.39, 0.29) is 0 Å². The van der Waals surface area contributed by atoms with Crippen molar-refractivity contribution in [2.24, 2.45) is 5.92 Å². The van der Waals surface area contributed by atoms with Gasteiger partial charge in [-0.25, -0.2) is 0 Å². The van der Waals surface area contributed by atoms with E-state index < -0.39 is 0 Å². The van der Waals surface area contributed by atoms with Gasteiger partial charge in [0.2, 0.25) is 0 Å². The lowest BCUT2D eigenvalue weighted by Crippen LogP contribution is -2.05. The maximum absolute atomic E-state index is 2.42. The molecule has 2 aliphatic rings. The van der Waals surface area contributed by atoms with Gasteiger partial charge in [0.05, 0.1) is 0 Å². The van der Waals surface area contributed by atoms with E-state index in [0.717, 1.165) is 6.42 Å². The molecule has 0 saturated carbocycles. The van der Waals surface area contributed by atoms with E-state index >= 15 is 0 Å². The third-order valence-corrected chi connectivity index (χ3v) is 5.90. The Kier molecular flexibility index (Phi) is 3.95. The molecule has 0 bridgehead atoms. The van der Waals surface area contributed by atoms with Crippen LogP contribution in [0.5, 0.6) is 0 Å². The van der Waals surface area contributed by atoms with Crippen LogP contribution in [0.4, 0.5) is 0 Å². The molecule has 0 nitrogen and oxygen atoms in total. The fourth-order valence-corrected chi connectivity index (χ4v) is 4.29. The van der Waals surface area contributed by atoms with Crippen LogP contribution in [0.15, 0.2) is 35.4 Å². The van der Waals surface area contributed by atoms with Gasteiger partial charge in [0.25, 0.3) is 0 Å². The van der Waals surface area contributed by atoms with Crippen molar-refractivity contribution >= 4 is 12.2 Å². The lowest BCUT2D eigenvalue weighted by atomic mass is 9.86. The average molecular weight is 326 g/mol. The van der Waals surface area contributed by atoms with Gasteiger partial charge in [0, 0.05) is 18.8 Å². The van der Waals surface area contributed by atoms with Gasteiger partial charge in [0.15, 0.2) is 0 Å². The summed E-state index contributed by atoms with van der Waals surface area (Å²) in [6.07, 6.45) is 10.8. The SMILES string of the molecule is CCC(C1=Cc2c(C)ccc(C)c2[CH]1)C1=Cc2c(C)ccc(C)c2[CH]1. The topological polar surface area (TPSA) is 0 Å². The first-order valence-electron chi connectivity index (χ1n) is 9.32.